The lowest BCUT2D eigenvalue weighted by atomic mass is 10.0. The second-order valence-corrected chi connectivity index (χ2v) is 27.0. The smallest absolute Gasteiger partial charge is 0.268 e. The van der Waals surface area contributed by atoms with Crippen LogP contribution in [0, 0.1) is 0 Å². The van der Waals surface area contributed by atoms with E-state index < -0.39 is 20.0 Å². The van der Waals surface area contributed by atoms with E-state index in [1.54, 1.807) is 0 Å². The number of hydrogen-bond donors (Lipinski definition) is 2. The highest BCUT2D eigenvalue weighted by atomic mass is 31.2. The average Bonchev–Trinajstić information content (AvgIpc) is 3.39. The summed E-state index contributed by atoms with van der Waals surface area (Å²) in [5.41, 5.74) is 0. The summed E-state index contributed by atoms with van der Waals surface area (Å²) in [6, 6.07) is -0.796. The Bertz CT molecular complexity index is 1220. The third-order valence-corrected chi connectivity index (χ3v) is 17.6. The zero-order chi connectivity index (χ0) is 56.3. The van der Waals surface area contributed by atoms with Crippen LogP contribution in [0.1, 0.15) is 380 Å². The van der Waals surface area contributed by atoms with Crippen LogP contribution < -0.4 is 10.2 Å². The minimum Gasteiger partial charge on any atom is -0.756 e. The number of quaternary nitrogens is 1. The Hall–Kier alpha value is -0.500. The quantitative estimate of drug-likeness (QED) is 0.0357. The minimum atomic E-state index is -4.57. The maximum absolute atomic E-state index is 13.0. The van der Waals surface area contributed by atoms with Gasteiger partial charge < -0.3 is 28.8 Å². The SMILES string of the molecule is CCCCCCCCCCCCCCCCCCCCCCCCCCCCCCCCCCCC(=O)NC(COP(=O)([O-])OCC[N+](C)(C)C)C(O)CCCCCCCCCCCCCCCCCCCCCCCC. The first-order valence-corrected chi connectivity index (χ1v) is 36.3. The molecule has 0 aliphatic rings. The first kappa shape index (κ1) is 76.5. The summed E-state index contributed by atoms with van der Waals surface area (Å²) in [7, 11) is 1.33. The number of unbranched alkanes of at least 4 members (excludes halogenated alkanes) is 53. The van der Waals surface area contributed by atoms with Gasteiger partial charge in [-0.2, -0.15) is 0 Å². The molecule has 0 radical (unpaired) electrons. The van der Waals surface area contributed by atoms with Gasteiger partial charge in [-0.25, -0.2) is 0 Å². The molecule has 0 aromatic carbocycles. The lowest BCUT2D eigenvalue weighted by molar-refractivity contribution is -0.870. The van der Waals surface area contributed by atoms with Crippen LogP contribution in [0.25, 0.3) is 0 Å². The molecular weight excluding hydrogens is 972 g/mol. The number of aliphatic hydroxyl groups is 1. The molecule has 8 nitrogen and oxygen atoms in total. The summed E-state index contributed by atoms with van der Waals surface area (Å²) in [4.78, 5) is 25.6. The largest absolute Gasteiger partial charge is 0.756 e. The molecule has 0 aliphatic carbocycles. The summed E-state index contributed by atoms with van der Waals surface area (Å²) in [5, 5.41) is 14.1. The highest BCUT2D eigenvalue weighted by Gasteiger charge is 2.24. The van der Waals surface area contributed by atoms with Crippen molar-refractivity contribution in [2.75, 3.05) is 40.9 Å². The number of carbonyl (C=O) groups is 1. The topological polar surface area (TPSA) is 108 Å². The molecule has 0 fully saturated rings. The zero-order valence-electron chi connectivity index (χ0n) is 53.0. The van der Waals surface area contributed by atoms with E-state index in [2.05, 4.69) is 19.2 Å². The third-order valence-electron chi connectivity index (χ3n) is 16.6. The fourth-order valence-corrected chi connectivity index (χ4v) is 11.9. The zero-order valence-corrected chi connectivity index (χ0v) is 53.9. The van der Waals surface area contributed by atoms with Gasteiger partial charge >= 0.3 is 0 Å². The molecule has 0 bridgehead atoms. The number of nitrogens with one attached hydrogen (secondary N) is 1. The lowest BCUT2D eigenvalue weighted by Crippen LogP contribution is -2.46. The van der Waals surface area contributed by atoms with Gasteiger partial charge in [-0.05, 0) is 12.8 Å². The fraction of sp³-hybridized carbons (Fsp3) is 0.985. The van der Waals surface area contributed by atoms with Gasteiger partial charge in [0.2, 0.25) is 5.91 Å². The van der Waals surface area contributed by atoms with Crippen molar-refractivity contribution in [1.29, 1.82) is 0 Å². The average molecular weight is 1110 g/mol. The molecule has 0 aromatic heterocycles. The molecule has 462 valence electrons. The molecule has 0 spiro atoms. The van der Waals surface area contributed by atoms with Crippen LogP contribution in [0.15, 0.2) is 0 Å². The fourth-order valence-electron chi connectivity index (χ4n) is 11.2. The van der Waals surface area contributed by atoms with Gasteiger partial charge in [0.05, 0.1) is 39.9 Å². The van der Waals surface area contributed by atoms with Crippen LogP contribution in [0.4, 0.5) is 0 Å². The summed E-state index contributed by atoms with van der Waals surface area (Å²) in [6.07, 6.45) is 74.7. The summed E-state index contributed by atoms with van der Waals surface area (Å²) in [6.45, 7) is 4.80. The Morgan fingerprint density at radius 1 is 0.403 bits per heavy atom. The number of rotatable bonds is 66. The molecule has 0 saturated heterocycles. The Kier molecular flexibility index (Phi) is 59.7. The second-order valence-electron chi connectivity index (χ2n) is 25.6. The van der Waals surface area contributed by atoms with Crippen molar-refractivity contribution < 1.29 is 32.9 Å². The third kappa shape index (κ3) is 62.9. The molecule has 3 atom stereocenters. The maximum Gasteiger partial charge on any atom is 0.268 e. The van der Waals surface area contributed by atoms with Gasteiger partial charge in [0.25, 0.3) is 7.82 Å². The van der Waals surface area contributed by atoms with E-state index in [0.29, 0.717) is 23.9 Å². The summed E-state index contributed by atoms with van der Waals surface area (Å²) in [5.74, 6) is -0.154. The summed E-state index contributed by atoms with van der Waals surface area (Å²) < 4.78 is 23.5. The Labute approximate surface area is 482 Å². The normalized spacial score (nSPS) is 13.6. The van der Waals surface area contributed by atoms with E-state index in [0.717, 1.165) is 38.5 Å². The van der Waals surface area contributed by atoms with Crippen molar-refractivity contribution in [3.05, 3.63) is 0 Å². The molecular formula is C68H139N2O6P. The Balaban J connectivity index is 3.95. The van der Waals surface area contributed by atoms with Crippen LogP contribution in [0.3, 0.4) is 0 Å². The van der Waals surface area contributed by atoms with Crippen LogP contribution in [0.2, 0.25) is 0 Å². The van der Waals surface area contributed by atoms with E-state index >= 15 is 0 Å². The molecule has 0 rings (SSSR count). The number of hydrogen-bond acceptors (Lipinski definition) is 6. The molecule has 3 unspecified atom stereocenters. The van der Waals surface area contributed by atoms with Gasteiger partial charge in [0.15, 0.2) is 0 Å². The molecule has 9 heteroatoms. The Morgan fingerprint density at radius 3 is 0.883 bits per heavy atom. The van der Waals surface area contributed by atoms with Crippen LogP contribution >= 0.6 is 7.82 Å². The van der Waals surface area contributed by atoms with Gasteiger partial charge in [0, 0.05) is 6.42 Å². The number of likely N-dealkylation sites (N-methyl/N-ethyl adjacent to an activating group) is 1. The number of amides is 1. The van der Waals surface area contributed by atoms with Crippen molar-refractivity contribution in [3.8, 4) is 0 Å². The van der Waals surface area contributed by atoms with Crippen LogP contribution in [-0.2, 0) is 18.4 Å². The number of phosphoric acid groups is 1. The molecule has 0 aliphatic heterocycles. The molecule has 0 aromatic rings. The van der Waals surface area contributed by atoms with Crippen LogP contribution in [0.5, 0.6) is 0 Å². The number of carbonyl (C=O) groups excluding carboxylic acids is 1. The first-order chi connectivity index (χ1) is 37.5. The summed E-state index contributed by atoms with van der Waals surface area (Å²) >= 11 is 0. The Morgan fingerprint density at radius 2 is 0.636 bits per heavy atom. The standard InChI is InChI=1S/C68H139N2O6P/c1-6-8-10-12-14-16-18-20-22-24-26-28-30-31-32-33-34-35-36-37-38-39-40-42-44-46-48-50-52-54-56-58-60-62-68(72)69-66(65-76-77(73,74)75-64-63-70(3,4)5)67(71)61-59-57-55-53-51-49-47-45-43-41-29-27-25-23-21-19-17-15-13-11-9-7-2/h66-67,71H,6-65H2,1-5H3,(H-,69,72,73,74). The van der Waals surface area contributed by atoms with Crippen molar-refractivity contribution >= 4 is 13.7 Å². The van der Waals surface area contributed by atoms with Crippen molar-refractivity contribution in [2.24, 2.45) is 0 Å². The van der Waals surface area contributed by atoms with Crippen molar-refractivity contribution in [2.45, 2.75) is 392 Å². The van der Waals surface area contributed by atoms with Gasteiger partial charge in [-0.3, -0.25) is 9.36 Å². The maximum atomic E-state index is 13.0. The molecule has 0 saturated carbocycles. The molecule has 1 amide bonds. The van der Waals surface area contributed by atoms with E-state index in [-0.39, 0.29) is 19.1 Å². The van der Waals surface area contributed by atoms with E-state index in [1.165, 1.54) is 315 Å². The molecule has 0 heterocycles. The van der Waals surface area contributed by atoms with E-state index in [4.69, 9.17) is 9.05 Å². The van der Waals surface area contributed by atoms with Gasteiger partial charge in [-0.1, -0.05) is 361 Å². The number of nitrogens with zero attached hydrogens (tertiary/aromatic N) is 1. The highest BCUT2D eigenvalue weighted by molar-refractivity contribution is 7.45. The van der Waals surface area contributed by atoms with Gasteiger partial charge in [0.1, 0.15) is 13.2 Å². The van der Waals surface area contributed by atoms with Crippen LogP contribution in [-0.4, -0.2) is 68.5 Å². The first-order valence-electron chi connectivity index (χ1n) is 34.9. The monoisotopic (exact) mass is 1110 g/mol. The second kappa shape index (κ2) is 60.1. The highest BCUT2D eigenvalue weighted by Crippen LogP contribution is 2.38. The number of phosphoric ester groups is 1. The van der Waals surface area contributed by atoms with Gasteiger partial charge in [-0.15, -0.1) is 0 Å². The predicted molar refractivity (Wildman–Crippen MR) is 335 cm³/mol. The predicted octanol–water partition coefficient (Wildman–Crippen LogP) is 21.3. The van der Waals surface area contributed by atoms with Crippen molar-refractivity contribution in [3.63, 3.8) is 0 Å². The lowest BCUT2D eigenvalue weighted by Gasteiger charge is -2.30. The molecule has 77 heavy (non-hydrogen) atoms. The minimum absolute atomic E-state index is 0.0169. The van der Waals surface area contributed by atoms with E-state index in [1.807, 2.05) is 21.1 Å². The van der Waals surface area contributed by atoms with Crippen molar-refractivity contribution in [1.82, 2.24) is 5.32 Å². The molecule has 2 N–H and O–H groups in total. The van der Waals surface area contributed by atoms with E-state index in [9.17, 15) is 19.4 Å². The number of aliphatic hydroxyl groups excluding tert-OH is 1.